The van der Waals surface area contributed by atoms with Crippen LogP contribution in [0, 0.1) is 11.8 Å². The maximum absolute atomic E-state index is 12.2. The Balaban J connectivity index is 1.77. The van der Waals surface area contributed by atoms with Crippen LogP contribution >= 0.6 is 0 Å². The predicted octanol–water partition coefficient (Wildman–Crippen LogP) is 3.35. The molecule has 0 bridgehead atoms. The SMILES string of the molecule is CCNC(=NCC1CCN(C(=O)OC(C)(C)C)CC1)N(C)CCC1CCOCC1. The molecule has 1 N–H and O–H groups in total. The zero-order chi connectivity index (χ0) is 21.3. The third-order valence-corrected chi connectivity index (χ3v) is 5.68. The molecule has 2 aliphatic rings. The summed E-state index contributed by atoms with van der Waals surface area (Å²) in [7, 11) is 2.13. The molecule has 2 rings (SSSR count). The van der Waals surface area contributed by atoms with Gasteiger partial charge in [0.2, 0.25) is 0 Å². The van der Waals surface area contributed by atoms with Gasteiger partial charge < -0.3 is 24.6 Å². The average molecular weight is 411 g/mol. The van der Waals surface area contributed by atoms with Crippen molar-refractivity contribution < 1.29 is 14.3 Å². The summed E-state index contributed by atoms with van der Waals surface area (Å²) >= 11 is 0. The van der Waals surface area contributed by atoms with Crippen LogP contribution in [0.4, 0.5) is 4.79 Å². The molecule has 7 heteroatoms. The van der Waals surface area contributed by atoms with Gasteiger partial charge in [-0.15, -0.1) is 0 Å². The van der Waals surface area contributed by atoms with Crippen LogP contribution in [0.1, 0.15) is 59.8 Å². The molecule has 0 unspecified atom stereocenters. The summed E-state index contributed by atoms with van der Waals surface area (Å²) in [4.78, 5) is 21.2. The molecule has 0 atom stereocenters. The molecular weight excluding hydrogens is 368 g/mol. The maximum atomic E-state index is 12.2. The lowest BCUT2D eigenvalue weighted by atomic mass is 9.96. The molecule has 2 fully saturated rings. The summed E-state index contributed by atoms with van der Waals surface area (Å²) in [5.41, 5.74) is -0.436. The summed E-state index contributed by atoms with van der Waals surface area (Å²) in [6, 6.07) is 0. The predicted molar refractivity (Wildman–Crippen MR) is 117 cm³/mol. The highest BCUT2D eigenvalue weighted by Gasteiger charge is 2.27. The average Bonchev–Trinajstić information content (AvgIpc) is 2.69. The monoisotopic (exact) mass is 410 g/mol. The minimum atomic E-state index is -0.436. The van der Waals surface area contributed by atoms with Gasteiger partial charge in [-0.25, -0.2) is 4.79 Å². The van der Waals surface area contributed by atoms with E-state index < -0.39 is 5.60 Å². The number of guanidine groups is 1. The van der Waals surface area contributed by atoms with Crippen molar-refractivity contribution in [1.82, 2.24) is 15.1 Å². The van der Waals surface area contributed by atoms with Crippen LogP contribution < -0.4 is 5.32 Å². The van der Waals surface area contributed by atoms with Gasteiger partial charge in [-0.2, -0.15) is 0 Å². The minimum absolute atomic E-state index is 0.194. The number of amides is 1. The summed E-state index contributed by atoms with van der Waals surface area (Å²) in [5.74, 6) is 2.28. The molecule has 0 radical (unpaired) electrons. The second-order valence-electron chi connectivity index (χ2n) is 9.37. The van der Waals surface area contributed by atoms with Crippen molar-refractivity contribution in [1.29, 1.82) is 0 Å². The van der Waals surface area contributed by atoms with Crippen LogP contribution in [0.15, 0.2) is 4.99 Å². The highest BCUT2D eigenvalue weighted by atomic mass is 16.6. The number of rotatable bonds is 6. The molecule has 2 saturated heterocycles. The minimum Gasteiger partial charge on any atom is -0.444 e. The van der Waals surface area contributed by atoms with Gasteiger partial charge in [0, 0.05) is 53.0 Å². The van der Waals surface area contributed by atoms with Crippen molar-refractivity contribution in [3.8, 4) is 0 Å². The molecule has 7 nitrogen and oxygen atoms in total. The molecule has 0 aromatic rings. The van der Waals surface area contributed by atoms with E-state index in [-0.39, 0.29) is 6.09 Å². The summed E-state index contributed by atoms with van der Waals surface area (Å²) in [6.45, 7) is 13.9. The number of aliphatic imine (C=N–C) groups is 1. The number of nitrogens with zero attached hydrogens (tertiary/aromatic N) is 3. The van der Waals surface area contributed by atoms with Gasteiger partial charge in [-0.05, 0) is 71.6 Å². The Bertz CT molecular complexity index is 519. The Labute approximate surface area is 177 Å². The van der Waals surface area contributed by atoms with Crippen LogP contribution in [-0.2, 0) is 9.47 Å². The second kappa shape index (κ2) is 11.6. The van der Waals surface area contributed by atoms with Crippen LogP contribution in [0.2, 0.25) is 0 Å². The number of carbonyl (C=O) groups excluding carboxylic acids is 1. The number of ether oxygens (including phenoxy) is 2. The van der Waals surface area contributed by atoms with Gasteiger partial charge >= 0.3 is 6.09 Å². The van der Waals surface area contributed by atoms with Gasteiger partial charge in [0.25, 0.3) is 0 Å². The number of carbonyl (C=O) groups is 1. The molecule has 2 aliphatic heterocycles. The quantitative estimate of drug-likeness (QED) is 0.537. The van der Waals surface area contributed by atoms with Crippen molar-refractivity contribution >= 4 is 12.1 Å². The van der Waals surface area contributed by atoms with Gasteiger partial charge in [-0.1, -0.05) is 0 Å². The summed E-state index contributed by atoms with van der Waals surface area (Å²) in [6.07, 6.45) is 5.32. The largest absolute Gasteiger partial charge is 0.444 e. The highest BCUT2D eigenvalue weighted by Crippen LogP contribution is 2.21. The van der Waals surface area contributed by atoms with Crippen LogP contribution in [0.25, 0.3) is 0 Å². The fourth-order valence-electron chi connectivity index (χ4n) is 3.83. The Morgan fingerprint density at radius 3 is 2.41 bits per heavy atom. The fraction of sp³-hybridized carbons (Fsp3) is 0.909. The van der Waals surface area contributed by atoms with Crippen molar-refractivity contribution in [3.63, 3.8) is 0 Å². The fourth-order valence-corrected chi connectivity index (χ4v) is 3.83. The van der Waals surface area contributed by atoms with E-state index in [0.29, 0.717) is 5.92 Å². The lowest BCUT2D eigenvalue weighted by Crippen LogP contribution is -2.43. The van der Waals surface area contributed by atoms with Gasteiger partial charge in [0.1, 0.15) is 5.60 Å². The van der Waals surface area contributed by atoms with Crippen molar-refractivity contribution in [2.24, 2.45) is 16.8 Å². The number of likely N-dealkylation sites (tertiary alicyclic amines) is 1. The number of piperidine rings is 1. The summed E-state index contributed by atoms with van der Waals surface area (Å²) in [5, 5.41) is 3.43. The van der Waals surface area contributed by atoms with E-state index >= 15 is 0 Å². The zero-order valence-electron chi connectivity index (χ0n) is 19.2. The first-order valence-electron chi connectivity index (χ1n) is 11.3. The van der Waals surface area contributed by atoms with Crippen LogP contribution in [0.3, 0.4) is 0 Å². The van der Waals surface area contributed by atoms with E-state index in [1.165, 1.54) is 19.3 Å². The van der Waals surface area contributed by atoms with E-state index in [2.05, 4.69) is 24.2 Å². The zero-order valence-corrected chi connectivity index (χ0v) is 19.2. The lowest BCUT2D eigenvalue weighted by Gasteiger charge is -2.33. The van der Waals surface area contributed by atoms with E-state index in [1.807, 2.05) is 25.7 Å². The molecular formula is C22H42N4O3. The van der Waals surface area contributed by atoms with Crippen LogP contribution in [0.5, 0.6) is 0 Å². The lowest BCUT2D eigenvalue weighted by molar-refractivity contribution is 0.0187. The van der Waals surface area contributed by atoms with Crippen molar-refractivity contribution in [3.05, 3.63) is 0 Å². The number of hydrogen-bond donors (Lipinski definition) is 1. The van der Waals surface area contributed by atoms with E-state index in [0.717, 1.165) is 70.7 Å². The number of nitrogens with one attached hydrogen (secondary N) is 1. The maximum Gasteiger partial charge on any atom is 0.410 e. The third kappa shape index (κ3) is 8.81. The Morgan fingerprint density at radius 2 is 1.83 bits per heavy atom. The van der Waals surface area contributed by atoms with Crippen molar-refractivity contribution in [2.75, 3.05) is 53.0 Å². The van der Waals surface area contributed by atoms with Crippen LogP contribution in [-0.4, -0.2) is 80.4 Å². The highest BCUT2D eigenvalue weighted by molar-refractivity contribution is 5.79. The molecule has 0 aromatic heterocycles. The normalized spacial score (nSPS) is 19.9. The van der Waals surface area contributed by atoms with Crippen molar-refractivity contribution in [2.45, 2.75) is 65.4 Å². The third-order valence-electron chi connectivity index (χ3n) is 5.68. The molecule has 0 spiro atoms. The second-order valence-corrected chi connectivity index (χ2v) is 9.37. The smallest absolute Gasteiger partial charge is 0.410 e. The van der Waals surface area contributed by atoms with E-state index in [4.69, 9.17) is 14.5 Å². The first-order chi connectivity index (χ1) is 13.8. The molecule has 0 saturated carbocycles. The van der Waals surface area contributed by atoms with Gasteiger partial charge in [0.05, 0.1) is 0 Å². The summed E-state index contributed by atoms with van der Waals surface area (Å²) < 4.78 is 10.9. The standard InChI is InChI=1S/C22H42N4O3/c1-6-23-20(25(5)12-7-18-10-15-28-16-11-18)24-17-19-8-13-26(14-9-19)21(27)29-22(2,3)4/h18-19H,6-17H2,1-5H3,(H,23,24). The van der Waals surface area contributed by atoms with Gasteiger partial charge in [0.15, 0.2) is 5.96 Å². The Hall–Kier alpha value is -1.50. The van der Waals surface area contributed by atoms with E-state index in [1.54, 1.807) is 0 Å². The topological polar surface area (TPSA) is 66.4 Å². The first kappa shape index (κ1) is 23.8. The molecule has 1 amide bonds. The molecule has 2 heterocycles. The molecule has 0 aliphatic carbocycles. The van der Waals surface area contributed by atoms with Gasteiger partial charge in [-0.3, -0.25) is 4.99 Å². The molecule has 29 heavy (non-hydrogen) atoms. The number of hydrogen-bond acceptors (Lipinski definition) is 4. The first-order valence-corrected chi connectivity index (χ1v) is 11.3. The molecule has 168 valence electrons. The van der Waals surface area contributed by atoms with E-state index in [9.17, 15) is 4.79 Å². The Kier molecular flexibility index (Phi) is 9.53. The molecule has 0 aromatic carbocycles. The Morgan fingerprint density at radius 1 is 1.17 bits per heavy atom.